The predicted octanol–water partition coefficient (Wildman–Crippen LogP) is 4.15. The molecule has 162 valence electrons. The summed E-state index contributed by atoms with van der Waals surface area (Å²) in [5.41, 5.74) is 1.10. The van der Waals surface area contributed by atoms with Crippen LogP contribution in [0, 0.1) is 12.7 Å². The molecule has 2 aromatic heterocycles. The summed E-state index contributed by atoms with van der Waals surface area (Å²) in [6, 6.07) is 12.2. The Balaban J connectivity index is 1.40. The summed E-state index contributed by atoms with van der Waals surface area (Å²) in [5, 5.41) is 18.6. The fourth-order valence-electron chi connectivity index (χ4n) is 2.74. The van der Waals surface area contributed by atoms with E-state index >= 15 is 0 Å². The maximum Gasteiger partial charge on any atom is 0.234 e. The van der Waals surface area contributed by atoms with Crippen molar-refractivity contribution in [1.82, 2.24) is 19.9 Å². The second-order valence-corrected chi connectivity index (χ2v) is 7.81. The van der Waals surface area contributed by atoms with Crippen LogP contribution in [0.15, 0.2) is 54.7 Å². The van der Waals surface area contributed by atoms with Crippen LogP contribution in [0.5, 0.6) is 5.75 Å². The van der Waals surface area contributed by atoms with Crippen LogP contribution >= 0.6 is 11.3 Å². The molecule has 0 unspecified atom stereocenters. The Kier molecular flexibility index (Phi) is 6.17. The SMILES string of the molecule is Cc1nc(Nc2ccc(O)cc2)nc(Nc2ncc(CC(=O)Nc3cccc(F)c3)s2)n1. The van der Waals surface area contributed by atoms with E-state index in [9.17, 15) is 14.3 Å². The predicted molar refractivity (Wildman–Crippen MR) is 120 cm³/mol. The molecule has 0 atom stereocenters. The van der Waals surface area contributed by atoms with Crippen LogP contribution in [0.25, 0.3) is 0 Å². The normalized spacial score (nSPS) is 10.6. The zero-order valence-electron chi connectivity index (χ0n) is 16.8. The van der Waals surface area contributed by atoms with E-state index in [1.165, 1.54) is 29.5 Å². The number of thiazole rings is 1. The number of rotatable bonds is 7. The summed E-state index contributed by atoms with van der Waals surface area (Å²) in [7, 11) is 0. The molecule has 9 nitrogen and oxygen atoms in total. The minimum absolute atomic E-state index is 0.0970. The van der Waals surface area contributed by atoms with Gasteiger partial charge < -0.3 is 15.7 Å². The average molecular weight is 451 g/mol. The average Bonchev–Trinajstić information content (AvgIpc) is 3.15. The Morgan fingerprint density at radius 2 is 1.78 bits per heavy atom. The molecule has 4 rings (SSSR count). The van der Waals surface area contributed by atoms with Gasteiger partial charge in [0.05, 0.1) is 6.42 Å². The topological polar surface area (TPSA) is 125 Å². The van der Waals surface area contributed by atoms with Gasteiger partial charge in [-0.05, 0) is 49.4 Å². The van der Waals surface area contributed by atoms with Gasteiger partial charge in [0.1, 0.15) is 17.4 Å². The highest BCUT2D eigenvalue weighted by atomic mass is 32.1. The van der Waals surface area contributed by atoms with Gasteiger partial charge in [-0.25, -0.2) is 9.37 Å². The smallest absolute Gasteiger partial charge is 0.234 e. The summed E-state index contributed by atoms with van der Waals surface area (Å²) in [6.45, 7) is 1.74. The molecule has 0 saturated carbocycles. The number of amides is 1. The Hall–Kier alpha value is -4.12. The third-order valence-corrected chi connectivity index (χ3v) is 5.00. The van der Waals surface area contributed by atoms with Gasteiger partial charge in [0, 0.05) is 22.4 Å². The number of hydrogen-bond acceptors (Lipinski definition) is 9. The molecule has 1 amide bonds. The van der Waals surface area contributed by atoms with E-state index in [1.807, 2.05) is 0 Å². The molecule has 2 aromatic carbocycles. The first-order chi connectivity index (χ1) is 15.4. The Bertz CT molecular complexity index is 1250. The zero-order valence-corrected chi connectivity index (χ0v) is 17.7. The van der Waals surface area contributed by atoms with Gasteiger partial charge in [-0.2, -0.15) is 15.0 Å². The first kappa shape index (κ1) is 21.1. The Morgan fingerprint density at radius 3 is 2.53 bits per heavy atom. The van der Waals surface area contributed by atoms with Crippen LogP contribution in [-0.2, 0) is 11.2 Å². The minimum atomic E-state index is -0.418. The lowest BCUT2D eigenvalue weighted by molar-refractivity contribution is -0.115. The van der Waals surface area contributed by atoms with E-state index < -0.39 is 5.82 Å². The van der Waals surface area contributed by atoms with Crippen molar-refractivity contribution >= 4 is 45.6 Å². The highest BCUT2D eigenvalue weighted by Gasteiger charge is 2.11. The number of benzene rings is 2. The summed E-state index contributed by atoms with van der Waals surface area (Å²) < 4.78 is 13.3. The summed E-state index contributed by atoms with van der Waals surface area (Å²) >= 11 is 1.28. The van der Waals surface area contributed by atoms with Crippen LogP contribution in [0.4, 0.5) is 32.8 Å². The molecule has 4 N–H and O–H groups in total. The van der Waals surface area contributed by atoms with Gasteiger partial charge in [0.2, 0.25) is 17.8 Å². The number of anilines is 5. The summed E-state index contributed by atoms with van der Waals surface area (Å²) in [4.78, 5) is 30.0. The molecule has 11 heteroatoms. The lowest BCUT2D eigenvalue weighted by Gasteiger charge is -2.07. The number of carbonyl (C=O) groups is 1. The van der Waals surface area contributed by atoms with Crippen molar-refractivity contribution in [2.75, 3.05) is 16.0 Å². The maximum absolute atomic E-state index is 13.3. The second kappa shape index (κ2) is 9.35. The fourth-order valence-corrected chi connectivity index (χ4v) is 3.54. The molecular formula is C21H18FN7O2S. The van der Waals surface area contributed by atoms with E-state index in [-0.39, 0.29) is 18.1 Å². The van der Waals surface area contributed by atoms with E-state index in [4.69, 9.17) is 0 Å². The molecule has 4 aromatic rings. The van der Waals surface area contributed by atoms with Crippen LogP contribution in [-0.4, -0.2) is 30.9 Å². The van der Waals surface area contributed by atoms with Crippen molar-refractivity contribution in [3.8, 4) is 5.75 Å². The van der Waals surface area contributed by atoms with E-state index in [0.29, 0.717) is 34.2 Å². The lowest BCUT2D eigenvalue weighted by Crippen LogP contribution is -2.13. The van der Waals surface area contributed by atoms with Crippen molar-refractivity contribution in [3.05, 3.63) is 71.2 Å². The number of phenols is 1. The van der Waals surface area contributed by atoms with Crippen LogP contribution in [0.1, 0.15) is 10.7 Å². The molecule has 0 saturated heterocycles. The first-order valence-electron chi connectivity index (χ1n) is 9.49. The highest BCUT2D eigenvalue weighted by Crippen LogP contribution is 2.23. The minimum Gasteiger partial charge on any atom is -0.508 e. The van der Waals surface area contributed by atoms with Crippen LogP contribution in [0.2, 0.25) is 0 Å². The first-order valence-corrected chi connectivity index (χ1v) is 10.3. The molecular weight excluding hydrogens is 433 g/mol. The Labute approximate surface area is 186 Å². The van der Waals surface area contributed by atoms with Crippen molar-refractivity contribution < 1.29 is 14.3 Å². The molecule has 0 aliphatic carbocycles. The van der Waals surface area contributed by atoms with E-state index in [2.05, 4.69) is 35.9 Å². The summed E-state index contributed by atoms with van der Waals surface area (Å²) in [6.07, 6.45) is 1.68. The molecule has 0 aliphatic rings. The highest BCUT2D eigenvalue weighted by molar-refractivity contribution is 7.15. The molecule has 0 bridgehead atoms. The van der Waals surface area contributed by atoms with Crippen LogP contribution in [0.3, 0.4) is 0 Å². The van der Waals surface area contributed by atoms with Crippen molar-refractivity contribution in [2.45, 2.75) is 13.3 Å². The lowest BCUT2D eigenvalue weighted by atomic mass is 10.3. The number of nitrogens with one attached hydrogen (secondary N) is 3. The van der Waals surface area contributed by atoms with Gasteiger partial charge >= 0.3 is 0 Å². The fraction of sp³-hybridized carbons (Fsp3) is 0.0952. The van der Waals surface area contributed by atoms with Crippen LogP contribution < -0.4 is 16.0 Å². The van der Waals surface area contributed by atoms with Crippen molar-refractivity contribution in [2.24, 2.45) is 0 Å². The molecule has 0 aliphatic heterocycles. The number of nitrogens with zero attached hydrogens (tertiary/aromatic N) is 4. The zero-order chi connectivity index (χ0) is 22.5. The quantitative estimate of drug-likeness (QED) is 0.309. The number of halogens is 1. The molecule has 0 spiro atoms. The summed E-state index contributed by atoms with van der Waals surface area (Å²) in [5.74, 6) is 0.589. The molecule has 2 heterocycles. The van der Waals surface area contributed by atoms with E-state index in [1.54, 1.807) is 43.5 Å². The number of carbonyl (C=O) groups excluding carboxylic acids is 1. The molecule has 0 fully saturated rings. The Morgan fingerprint density at radius 1 is 1.03 bits per heavy atom. The maximum atomic E-state index is 13.3. The largest absolute Gasteiger partial charge is 0.508 e. The van der Waals surface area contributed by atoms with Gasteiger partial charge in [-0.3, -0.25) is 10.1 Å². The monoisotopic (exact) mass is 451 g/mol. The standard InChI is InChI=1S/C21H18FN7O2S/c1-12-24-19(27-14-5-7-16(30)8-6-14)28-20(25-12)29-21-23-11-17(32-21)10-18(31)26-15-4-2-3-13(22)9-15/h2-9,11,30H,10H2,1H3,(H,26,31)(H2,23,24,25,27,28,29). The van der Waals surface area contributed by atoms with Crippen molar-refractivity contribution in [3.63, 3.8) is 0 Å². The van der Waals surface area contributed by atoms with Gasteiger partial charge in [-0.15, -0.1) is 11.3 Å². The number of hydrogen-bond donors (Lipinski definition) is 4. The molecule has 32 heavy (non-hydrogen) atoms. The number of aryl methyl sites for hydroxylation is 1. The number of phenolic OH excluding ortho intramolecular Hbond substituents is 1. The van der Waals surface area contributed by atoms with E-state index in [0.717, 1.165) is 4.88 Å². The molecule has 0 radical (unpaired) electrons. The van der Waals surface area contributed by atoms with Crippen molar-refractivity contribution in [1.29, 1.82) is 0 Å². The van der Waals surface area contributed by atoms with Gasteiger partial charge in [0.25, 0.3) is 0 Å². The third-order valence-electron chi connectivity index (χ3n) is 4.09. The number of aromatic nitrogens is 4. The third kappa shape index (κ3) is 5.73. The number of aromatic hydroxyl groups is 1. The van der Waals surface area contributed by atoms with Gasteiger partial charge in [-0.1, -0.05) is 6.07 Å². The van der Waals surface area contributed by atoms with Gasteiger partial charge in [0.15, 0.2) is 5.13 Å². The second-order valence-electron chi connectivity index (χ2n) is 6.69.